The Morgan fingerprint density at radius 1 is 1.17 bits per heavy atom. The summed E-state index contributed by atoms with van der Waals surface area (Å²) in [5.74, 6) is -0.206. The lowest BCUT2D eigenvalue weighted by Crippen LogP contribution is -2.16. The number of hydrogen-bond acceptors (Lipinski definition) is 2. The number of alkyl halides is 3. The van der Waals surface area contributed by atoms with Crippen molar-refractivity contribution in [2.24, 2.45) is 0 Å². The van der Waals surface area contributed by atoms with Gasteiger partial charge in [-0.25, -0.2) is 0 Å². The molecule has 2 aromatic carbocycles. The lowest BCUT2D eigenvalue weighted by Gasteiger charge is -2.14. The fourth-order valence-electron chi connectivity index (χ4n) is 1.97. The van der Waals surface area contributed by atoms with Crippen molar-refractivity contribution in [2.75, 3.05) is 11.9 Å². The Kier molecular flexibility index (Phi) is 5.28. The van der Waals surface area contributed by atoms with Crippen LogP contribution in [-0.2, 0) is 6.18 Å². The zero-order valence-electron chi connectivity index (χ0n) is 13.0. The van der Waals surface area contributed by atoms with Crippen molar-refractivity contribution in [3.63, 3.8) is 0 Å². The predicted molar refractivity (Wildman–Crippen MR) is 86.1 cm³/mol. The Morgan fingerprint density at radius 2 is 1.88 bits per heavy atom. The first-order valence-corrected chi connectivity index (χ1v) is 7.12. The van der Waals surface area contributed by atoms with E-state index in [1.165, 1.54) is 30.3 Å². The summed E-state index contributed by atoms with van der Waals surface area (Å²) < 4.78 is 44.3. The number of carbonyl (C=O) groups excluding carboxylic acids is 1. The fourth-order valence-corrected chi connectivity index (χ4v) is 1.97. The van der Waals surface area contributed by atoms with Gasteiger partial charge in [-0.3, -0.25) is 4.79 Å². The molecular weight excluding hydrogens is 319 g/mol. The highest BCUT2D eigenvalue weighted by atomic mass is 19.4. The molecule has 0 aromatic heterocycles. The van der Waals surface area contributed by atoms with Crippen LogP contribution in [0.1, 0.15) is 22.8 Å². The van der Waals surface area contributed by atoms with Crippen LogP contribution in [0, 0.1) is 0 Å². The van der Waals surface area contributed by atoms with Gasteiger partial charge in [0.15, 0.2) is 0 Å². The smallest absolute Gasteiger partial charge is 0.418 e. The number of ether oxygens (including phenoxy) is 1. The van der Waals surface area contributed by atoms with Crippen LogP contribution in [0.4, 0.5) is 18.9 Å². The topological polar surface area (TPSA) is 38.3 Å². The third kappa shape index (κ3) is 4.62. The molecule has 2 rings (SSSR count). The summed E-state index contributed by atoms with van der Waals surface area (Å²) in [4.78, 5) is 12.2. The van der Waals surface area contributed by atoms with Crippen LogP contribution in [0.15, 0.2) is 60.7 Å². The number of amides is 1. The normalized spacial score (nSPS) is 11.0. The zero-order chi connectivity index (χ0) is 17.7. The summed E-state index contributed by atoms with van der Waals surface area (Å²) in [5.41, 5.74) is -0.175. The van der Waals surface area contributed by atoms with Crippen LogP contribution in [0.2, 0.25) is 0 Å². The number of anilines is 1. The van der Waals surface area contributed by atoms with Crippen molar-refractivity contribution in [2.45, 2.75) is 13.1 Å². The highest BCUT2D eigenvalue weighted by Gasteiger charge is 2.33. The van der Waals surface area contributed by atoms with E-state index in [-0.39, 0.29) is 11.3 Å². The molecule has 0 saturated heterocycles. The van der Waals surface area contributed by atoms with E-state index < -0.39 is 17.6 Å². The van der Waals surface area contributed by atoms with Crippen molar-refractivity contribution in [3.05, 3.63) is 71.8 Å². The minimum absolute atomic E-state index is 0.200. The first-order chi connectivity index (χ1) is 11.3. The number of para-hydroxylation sites is 1. The first-order valence-electron chi connectivity index (χ1n) is 7.12. The van der Waals surface area contributed by atoms with Crippen molar-refractivity contribution in [3.8, 4) is 5.75 Å². The Bertz CT molecular complexity index is 754. The number of nitrogens with one attached hydrogen (secondary N) is 1. The molecule has 0 unspecified atom stereocenters. The molecule has 126 valence electrons. The average molecular weight is 335 g/mol. The SMILES string of the molecule is C=C(C)COc1cccc(C(=O)Nc2ccccc2C(F)(F)F)c1. The second-order valence-corrected chi connectivity index (χ2v) is 5.27. The van der Waals surface area contributed by atoms with Crippen LogP contribution in [-0.4, -0.2) is 12.5 Å². The third-order valence-electron chi connectivity index (χ3n) is 3.06. The molecule has 0 aliphatic carbocycles. The second kappa shape index (κ2) is 7.21. The highest BCUT2D eigenvalue weighted by molar-refractivity contribution is 6.04. The molecule has 0 aliphatic heterocycles. The van der Waals surface area contributed by atoms with E-state index in [0.717, 1.165) is 11.6 Å². The van der Waals surface area contributed by atoms with Gasteiger partial charge >= 0.3 is 6.18 Å². The monoisotopic (exact) mass is 335 g/mol. The molecule has 0 spiro atoms. The van der Waals surface area contributed by atoms with Gasteiger partial charge in [0.25, 0.3) is 5.91 Å². The van der Waals surface area contributed by atoms with Crippen LogP contribution < -0.4 is 10.1 Å². The second-order valence-electron chi connectivity index (χ2n) is 5.27. The number of halogens is 3. The van der Waals surface area contributed by atoms with Crippen molar-refractivity contribution < 1.29 is 22.7 Å². The van der Waals surface area contributed by atoms with Crippen LogP contribution in [0.3, 0.4) is 0 Å². The maximum absolute atomic E-state index is 13.0. The fraction of sp³-hybridized carbons (Fsp3) is 0.167. The summed E-state index contributed by atoms with van der Waals surface area (Å²) in [6.45, 7) is 5.80. The largest absolute Gasteiger partial charge is 0.489 e. The summed E-state index contributed by atoms with van der Waals surface area (Å²) in [7, 11) is 0. The molecule has 0 heterocycles. The number of rotatable bonds is 5. The van der Waals surface area contributed by atoms with Crippen molar-refractivity contribution >= 4 is 11.6 Å². The van der Waals surface area contributed by atoms with Gasteiger partial charge in [0.2, 0.25) is 0 Å². The van der Waals surface area contributed by atoms with E-state index in [9.17, 15) is 18.0 Å². The van der Waals surface area contributed by atoms with Gasteiger partial charge < -0.3 is 10.1 Å². The Labute approximate surface area is 137 Å². The quantitative estimate of drug-likeness (QED) is 0.788. The molecule has 0 atom stereocenters. The minimum atomic E-state index is -4.55. The van der Waals surface area contributed by atoms with Crippen LogP contribution in [0.5, 0.6) is 5.75 Å². The van der Waals surface area contributed by atoms with E-state index in [1.807, 2.05) is 0 Å². The lowest BCUT2D eigenvalue weighted by molar-refractivity contribution is -0.136. The summed E-state index contributed by atoms with van der Waals surface area (Å²) in [6.07, 6.45) is -4.55. The van der Waals surface area contributed by atoms with E-state index >= 15 is 0 Å². The van der Waals surface area contributed by atoms with Gasteiger partial charge in [0.05, 0.1) is 11.3 Å². The maximum Gasteiger partial charge on any atom is 0.418 e. The Morgan fingerprint density at radius 3 is 2.54 bits per heavy atom. The van der Waals surface area contributed by atoms with Gasteiger partial charge in [-0.15, -0.1) is 0 Å². The van der Waals surface area contributed by atoms with Gasteiger partial charge in [-0.05, 0) is 42.8 Å². The van der Waals surface area contributed by atoms with E-state index in [4.69, 9.17) is 4.74 Å². The van der Waals surface area contributed by atoms with Gasteiger partial charge in [0, 0.05) is 5.56 Å². The van der Waals surface area contributed by atoms with E-state index in [1.54, 1.807) is 19.1 Å². The number of benzene rings is 2. The molecule has 0 aliphatic rings. The Balaban J connectivity index is 2.19. The molecule has 24 heavy (non-hydrogen) atoms. The summed E-state index contributed by atoms with van der Waals surface area (Å²) >= 11 is 0. The lowest BCUT2D eigenvalue weighted by atomic mass is 10.1. The molecule has 0 saturated carbocycles. The average Bonchev–Trinajstić information content (AvgIpc) is 2.52. The molecular formula is C18H16F3NO2. The Hall–Kier alpha value is -2.76. The molecule has 0 bridgehead atoms. The molecule has 1 amide bonds. The summed E-state index contributed by atoms with van der Waals surface area (Å²) in [5, 5.41) is 2.29. The molecule has 0 radical (unpaired) electrons. The molecule has 2 aromatic rings. The molecule has 0 fully saturated rings. The summed E-state index contributed by atoms with van der Waals surface area (Å²) in [6, 6.07) is 11.0. The molecule has 3 nitrogen and oxygen atoms in total. The van der Waals surface area contributed by atoms with Gasteiger partial charge in [0.1, 0.15) is 12.4 Å². The first kappa shape index (κ1) is 17.6. The molecule has 1 N–H and O–H groups in total. The highest BCUT2D eigenvalue weighted by Crippen LogP contribution is 2.34. The van der Waals surface area contributed by atoms with Crippen LogP contribution in [0.25, 0.3) is 0 Å². The van der Waals surface area contributed by atoms with E-state index in [2.05, 4.69) is 11.9 Å². The zero-order valence-corrected chi connectivity index (χ0v) is 13.0. The van der Waals surface area contributed by atoms with Gasteiger partial charge in [-0.1, -0.05) is 24.8 Å². The standard InChI is InChI=1S/C18H16F3NO2/c1-12(2)11-24-14-7-5-6-13(10-14)17(23)22-16-9-4-3-8-15(16)18(19,20)21/h3-10H,1,11H2,2H3,(H,22,23). The van der Waals surface area contributed by atoms with Crippen molar-refractivity contribution in [1.82, 2.24) is 0 Å². The van der Waals surface area contributed by atoms with Crippen molar-refractivity contribution in [1.29, 1.82) is 0 Å². The minimum Gasteiger partial charge on any atom is -0.489 e. The molecule has 6 heteroatoms. The third-order valence-corrected chi connectivity index (χ3v) is 3.06. The number of carbonyl (C=O) groups is 1. The van der Waals surface area contributed by atoms with Gasteiger partial charge in [-0.2, -0.15) is 13.2 Å². The van der Waals surface area contributed by atoms with E-state index in [0.29, 0.717) is 12.4 Å². The maximum atomic E-state index is 13.0. The van der Waals surface area contributed by atoms with Crippen LogP contribution >= 0.6 is 0 Å². The number of hydrogen-bond donors (Lipinski definition) is 1. The predicted octanol–water partition coefficient (Wildman–Crippen LogP) is 4.91.